The number of ether oxygens (including phenoxy) is 1. The second kappa shape index (κ2) is 13.7. The average Bonchev–Trinajstić information content (AvgIpc) is 3.61. The van der Waals surface area contributed by atoms with E-state index in [9.17, 15) is 9.59 Å². The van der Waals surface area contributed by atoms with Gasteiger partial charge in [0.05, 0.1) is 47.2 Å². The molecule has 47 heavy (non-hydrogen) atoms. The molecule has 4 N–H and O–H groups in total. The molecule has 4 heterocycles. The number of carbonyl (C=O) groups is 2. The third-order valence-corrected chi connectivity index (χ3v) is 8.07. The number of anilines is 2. The SMILES string of the molecule is COc1cc2c(cc1-c1c(C)noc1C)ncc1c(C(=O)NCCCCCC(=O)Nc3ccccc3N)n(Cc3cccnc3)nc12. The Morgan fingerprint density at radius 1 is 1.02 bits per heavy atom. The fraction of sp³-hybridized carbons (Fsp3) is 0.257. The molecule has 6 aromatic rings. The van der Waals surface area contributed by atoms with Gasteiger partial charge in [-0.2, -0.15) is 5.10 Å². The number of benzene rings is 2. The maximum atomic E-state index is 13.7. The number of carbonyl (C=O) groups excluding carboxylic acids is 2. The lowest BCUT2D eigenvalue weighted by atomic mass is 10.00. The lowest BCUT2D eigenvalue weighted by Crippen LogP contribution is -2.27. The zero-order valence-corrected chi connectivity index (χ0v) is 26.5. The van der Waals surface area contributed by atoms with E-state index in [1.807, 2.05) is 50.2 Å². The molecule has 0 aliphatic carbocycles. The molecule has 0 spiro atoms. The number of para-hydroxylation sites is 2. The summed E-state index contributed by atoms with van der Waals surface area (Å²) in [6.07, 6.45) is 7.69. The third-order valence-electron chi connectivity index (χ3n) is 8.07. The summed E-state index contributed by atoms with van der Waals surface area (Å²) >= 11 is 0. The normalized spacial score (nSPS) is 11.2. The first kappa shape index (κ1) is 31.2. The van der Waals surface area contributed by atoms with Gasteiger partial charge in [0, 0.05) is 42.5 Å². The van der Waals surface area contributed by atoms with E-state index >= 15 is 0 Å². The average molecular weight is 633 g/mol. The molecule has 6 rings (SSSR count). The van der Waals surface area contributed by atoms with Crippen LogP contribution >= 0.6 is 0 Å². The molecular weight excluding hydrogens is 596 g/mol. The zero-order valence-electron chi connectivity index (χ0n) is 26.5. The molecule has 0 saturated heterocycles. The summed E-state index contributed by atoms with van der Waals surface area (Å²) in [4.78, 5) is 35.0. The van der Waals surface area contributed by atoms with Crippen LogP contribution in [0.15, 0.2) is 71.6 Å². The van der Waals surface area contributed by atoms with Gasteiger partial charge in [-0.05, 0) is 62.6 Å². The minimum Gasteiger partial charge on any atom is -0.496 e. The molecule has 2 aromatic carbocycles. The second-order valence-corrected chi connectivity index (χ2v) is 11.4. The van der Waals surface area contributed by atoms with Crippen LogP contribution in [0.2, 0.25) is 0 Å². The first-order valence-corrected chi connectivity index (χ1v) is 15.5. The van der Waals surface area contributed by atoms with Crippen molar-refractivity contribution in [3.05, 3.63) is 89.8 Å². The van der Waals surface area contributed by atoms with Crippen molar-refractivity contribution in [1.29, 1.82) is 0 Å². The van der Waals surface area contributed by atoms with Gasteiger partial charge in [0.2, 0.25) is 5.91 Å². The number of nitrogens with one attached hydrogen (secondary N) is 2. The number of rotatable bonds is 12. The molecule has 0 aliphatic heterocycles. The quantitative estimate of drug-likeness (QED) is 0.111. The van der Waals surface area contributed by atoms with E-state index in [1.165, 1.54) is 0 Å². The van der Waals surface area contributed by atoms with Gasteiger partial charge >= 0.3 is 0 Å². The fourth-order valence-corrected chi connectivity index (χ4v) is 5.74. The number of hydrogen-bond acceptors (Lipinski definition) is 9. The van der Waals surface area contributed by atoms with Crippen molar-refractivity contribution in [3.8, 4) is 16.9 Å². The van der Waals surface area contributed by atoms with Crippen LogP contribution in [0.4, 0.5) is 11.4 Å². The monoisotopic (exact) mass is 632 g/mol. The van der Waals surface area contributed by atoms with Crippen LogP contribution < -0.4 is 21.1 Å². The van der Waals surface area contributed by atoms with Gasteiger partial charge in [-0.25, -0.2) is 0 Å². The maximum Gasteiger partial charge on any atom is 0.270 e. The van der Waals surface area contributed by atoms with Gasteiger partial charge in [-0.1, -0.05) is 29.8 Å². The highest BCUT2D eigenvalue weighted by atomic mass is 16.5. The molecule has 0 fully saturated rings. The number of aromatic nitrogens is 5. The van der Waals surface area contributed by atoms with Crippen LogP contribution in [0, 0.1) is 13.8 Å². The smallest absolute Gasteiger partial charge is 0.270 e. The Kier molecular flexibility index (Phi) is 9.09. The van der Waals surface area contributed by atoms with Gasteiger partial charge in [0.25, 0.3) is 5.91 Å². The van der Waals surface area contributed by atoms with Gasteiger partial charge in [0.15, 0.2) is 0 Å². The number of nitrogen functional groups attached to an aromatic ring is 1. The standard InChI is InChI=1S/C35H36N8O4/c1-21-32(22(2)47-42-21)25-16-29-24(17-30(25)46-3)33-26(19-39-29)34(43(41-33)20-23-10-9-14-37-18-23)35(45)38-15-8-4-5-13-31(44)40-28-12-7-6-11-27(28)36/h6-7,9-12,14,16-19H,4-5,8,13,15,20,36H2,1-3H3,(H,38,45)(H,40,44). The summed E-state index contributed by atoms with van der Waals surface area (Å²) in [6.45, 7) is 4.54. The first-order chi connectivity index (χ1) is 22.8. The Morgan fingerprint density at radius 3 is 2.62 bits per heavy atom. The molecule has 0 aliphatic rings. The van der Waals surface area contributed by atoms with Crippen LogP contribution in [0.1, 0.15) is 53.2 Å². The van der Waals surface area contributed by atoms with Crippen molar-refractivity contribution in [1.82, 2.24) is 30.2 Å². The molecule has 0 atom stereocenters. The predicted molar refractivity (Wildman–Crippen MR) is 180 cm³/mol. The number of unbranched alkanes of at least 4 members (excludes halogenated alkanes) is 2. The number of nitrogens with zero attached hydrogens (tertiary/aromatic N) is 5. The Hall–Kier alpha value is -5.78. The molecule has 0 unspecified atom stereocenters. The van der Waals surface area contributed by atoms with E-state index < -0.39 is 0 Å². The van der Waals surface area contributed by atoms with Crippen LogP contribution in [-0.4, -0.2) is 50.4 Å². The second-order valence-electron chi connectivity index (χ2n) is 11.4. The highest BCUT2D eigenvalue weighted by molar-refractivity contribution is 6.13. The predicted octanol–water partition coefficient (Wildman–Crippen LogP) is 5.82. The Morgan fingerprint density at radius 2 is 1.87 bits per heavy atom. The van der Waals surface area contributed by atoms with Crippen molar-refractivity contribution in [2.45, 2.75) is 46.1 Å². The molecule has 2 amide bonds. The third kappa shape index (κ3) is 6.62. The molecular formula is C35H36N8O4. The number of amides is 2. The number of pyridine rings is 2. The van der Waals surface area contributed by atoms with Crippen LogP contribution in [0.5, 0.6) is 5.75 Å². The highest BCUT2D eigenvalue weighted by Gasteiger charge is 2.23. The summed E-state index contributed by atoms with van der Waals surface area (Å²) in [5.74, 6) is 0.957. The van der Waals surface area contributed by atoms with Gasteiger partial charge in [0.1, 0.15) is 22.7 Å². The van der Waals surface area contributed by atoms with Crippen molar-refractivity contribution in [2.75, 3.05) is 24.7 Å². The summed E-state index contributed by atoms with van der Waals surface area (Å²) in [7, 11) is 1.61. The van der Waals surface area contributed by atoms with E-state index in [4.69, 9.17) is 25.1 Å². The summed E-state index contributed by atoms with van der Waals surface area (Å²) < 4.78 is 12.9. The lowest BCUT2D eigenvalue weighted by molar-refractivity contribution is -0.116. The minimum absolute atomic E-state index is 0.0899. The van der Waals surface area contributed by atoms with Crippen molar-refractivity contribution < 1.29 is 18.8 Å². The first-order valence-electron chi connectivity index (χ1n) is 15.5. The summed E-state index contributed by atoms with van der Waals surface area (Å²) in [5, 5.41) is 16.3. The van der Waals surface area contributed by atoms with Gasteiger partial charge < -0.3 is 25.6 Å². The van der Waals surface area contributed by atoms with Crippen LogP contribution in [0.3, 0.4) is 0 Å². The maximum absolute atomic E-state index is 13.7. The van der Waals surface area contributed by atoms with Crippen LogP contribution in [0.25, 0.3) is 32.9 Å². The zero-order chi connectivity index (χ0) is 32.9. The van der Waals surface area contributed by atoms with Crippen molar-refractivity contribution in [2.24, 2.45) is 0 Å². The van der Waals surface area contributed by atoms with E-state index in [1.54, 1.807) is 42.5 Å². The minimum atomic E-state index is -0.255. The molecule has 240 valence electrons. The fourth-order valence-electron chi connectivity index (χ4n) is 5.74. The number of hydrogen-bond donors (Lipinski definition) is 3. The number of aryl methyl sites for hydroxylation is 2. The van der Waals surface area contributed by atoms with Gasteiger partial charge in [-0.15, -0.1) is 0 Å². The Bertz CT molecular complexity index is 2050. The lowest BCUT2D eigenvalue weighted by Gasteiger charge is -2.10. The Labute approximate surface area is 271 Å². The molecule has 12 heteroatoms. The number of fused-ring (bicyclic) bond motifs is 3. The highest BCUT2D eigenvalue weighted by Crippen LogP contribution is 2.39. The van der Waals surface area contributed by atoms with Crippen LogP contribution in [-0.2, 0) is 11.3 Å². The Balaban J connectivity index is 1.22. The summed E-state index contributed by atoms with van der Waals surface area (Å²) in [6, 6.07) is 14.8. The van der Waals surface area contributed by atoms with Crippen molar-refractivity contribution >= 4 is 45.0 Å². The molecule has 0 bridgehead atoms. The van der Waals surface area contributed by atoms with Crippen molar-refractivity contribution in [3.63, 3.8) is 0 Å². The van der Waals surface area contributed by atoms with Gasteiger partial charge in [-0.3, -0.25) is 24.2 Å². The summed E-state index contributed by atoms with van der Waals surface area (Å²) in [5.41, 5.74) is 12.1. The topological polar surface area (TPSA) is 163 Å². The van der Waals surface area contributed by atoms with E-state index in [0.717, 1.165) is 34.2 Å². The molecule has 12 nitrogen and oxygen atoms in total. The molecule has 0 radical (unpaired) electrons. The van der Waals surface area contributed by atoms with E-state index in [0.29, 0.717) is 77.4 Å². The number of nitrogens with two attached hydrogens (primary N) is 1. The largest absolute Gasteiger partial charge is 0.496 e. The van der Waals surface area contributed by atoms with E-state index in [-0.39, 0.29) is 11.8 Å². The van der Waals surface area contributed by atoms with E-state index in [2.05, 4.69) is 20.8 Å². The number of methoxy groups -OCH3 is 1. The molecule has 4 aromatic heterocycles. The molecule has 0 saturated carbocycles.